The van der Waals surface area contributed by atoms with Gasteiger partial charge in [-0.2, -0.15) is 0 Å². The number of hydrogen-bond acceptors (Lipinski definition) is 4. The molecule has 0 spiro atoms. The molecule has 2 aromatic heterocycles. The number of thiazole rings is 1. The zero-order chi connectivity index (χ0) is 9.26. The third kappa shape index (κ3) is 1.50. The molecule has 0 aliphatic heterocycles. The summed E-state index contributed by atoms with van der Waals surface area (Å²) in [5, 5.41) is 9.79. The molecule has 0 aromatic carbocycles. The van der Waals surface area contributed by atoms with E-state index in [1.54, 1.807) is 6.26 Å². The fraction of sp³-hybridized carbons (Fsp3) is 0.222. The van der Waals surface area contributed by atoms with Crippen molar-refractivity contribution in [2.24, 2.45) is 0 Å². The second kappa shape index (κ2) is 3.32. The molecule has 0 bridgehead atoms. The second-order valence-corrected chi connectivity index (χ2v) is 3.75. The van der Waals surface area contributed by atoms with Crippen LogP contribution in [0.5, 0.6) is 0 Å². The van der Waals surface area contributed by atoms with E-state index in [4.69, 9.17) is 9.52 Å². The predicted octanol–water partition coefficient (Wildman–Crippen LogP) is 2.20. The average molecular weight is 195 g/mol. The van der Waals surface area contributed by atoms with Gasteiger partial charge in [0.15, 0.2) is 10.8 Å². The van der Waals surface area contributed by atoms with Gasteiger partial charge in [0.05, 0.1) is 23.4 Å². The lowest BCUT2D eigenvalue weighted by Gasteiger charge is -1.85. The van der Waals surface area contributed by atoms with Gasteiger partial charge in [0.1, 0.15) is 0 Å². The van der Waals surface area contributed by atoms with Gasteiger partial charge in [-0.15, -0.1) is 11.3 Å². The van der Waals surface area contributed by atoms with Crippen LogP contribution in [0.3, 0.4) is 0 Å². The monoisotopic (exact) mass is 195 g/mol. The van der Waals surface area contributed by atoms with Crippen LogP contribution in [0.4, 0.5) is 0 Å². The predicted molar refractivity (Wildman–Crippen MR) is 50.5 cm³/mol. The minimum absolute atomic E-state index is 0.0458. The second-order valence-electron chi connectivity index (χ2n) is 2.66. The molecule has 0 aliphatic carbocycles. The first-order chi connectivity index (χ1) is 6.31. The Morgan fingerprint density at radius 3 is 3.00 bits per heavy atom. The number of furan rings is 1. The third-order valence-corrected chi connectivity index (χ3v) is 2.92. The smallest absolute Gasteiger partial charge is 0.162 e. The topological polar surface area (TPSA) is 46.3 Å². The molecule has 2 aromatic rings. The van der Waals surface area contributed by atoms with E-state index in [0.29, 0.717) is 0 Å². The van der Waals surface area contributed by atoms with Crippen molar-refractivity contribution >= 4 is 11.3 Å². The summed E-state index contributed by atoms with van der Waals surface area (Å²) >= 11 is 1.46. The first-order valence-corrected chi connectivity index (χ1v) is 4.74. The van der Waals surface area contributed by atoms with Gasteiger partial charge in [-0.3, -0.25) is 0 Å². The van der Waals surface area contributed by atoms with Gasteiger partial charge in [-0.05, 0) is 19.1 Å². The van der Waals surface area contributed by atoms with E-state index < -0.39 is 0 Å². The van der Waals surface area contributed by atoms with E-state index in [1.807, 2.05) is 19.1 Å². The zero-order valence-corrected chi connectivity index (χ0v) is 7.97. The van der Waals surface area contributed by atoms with Gasteiger partial charge in [0, 0.05) is 0 Å². The number of aliphatic hydroxyl groups is 1. The Bertz CT molecular complexity index is 392. The van der Waals surface area contributed by atoms with Crippen molar-refractivity contribution in [2.75, 3.05) is 0 Å². The van der Waals surface area contributed by atoms with Gasteiger partial charge >= 0.3 is 0 Å². The van der Waals surface area contributed by atoms with Crippen molar-refractivity contribution in [3.8, 4) is 10.8 Å². The first kappa shape index (κ1) is 8.47. The molecule has 2 rings (SSSR count). The summed E-state index contributed by atoms with van der Waals surface area (Å²) in [5.41, 5.74) is 0.874. The van der Waals surface area contributed by atoms with Gasteiger partial charge < -0.3 is 9.52 Å². The van der Waals surface area contributed by atoms with Gasteiger partial charge in [-0.1, -0.05) is 0 Å². The molecule has 2 heterocycles. The standard InChI is InChI=1S/C9H9NO2S/c1-6-8(5-11)13-9(10-6)7-3-2-4-12-7/h2-4,11H,5H2,1H3. The molecule has 0 fully saturated rings. The van der Waals surface area contributed by atoms with Crippen LogP contribution >= 0.6 is 11.3 Å². The molecule has 0 unspecified atom stereocenters. The van der Waals surface area contributed by atoms with E-state index in [9.17, 15) is 0 Å². The van der Waals surface area contributed by atoms with E-state index >= 15 is 0 Å². The van der Waals surface area contributed by atoms with Gasteiger partial charge in [0.25, 0.3) is 0 Å². The molecule has 68 valence electrons. The SMILES string of the molecule is Cc1nc(-c2ccco2)sc1CO. The maximum Gasteiger partial charge on any atom is 0.162 e. The van der Waals surface area contributed by atoms with Crippen LogP contribution in [-0.2, 0) is 6.61 Å². The molecule has 0 saturated carbocycles. The van der Waals surface area contributed by atoms with Crippen molar-refractivity contribution in [3.05, 3.63) is 29.0 Å². The number of aromatic nitrogens is 1. The highest BCUT2D eigenvalue weighted by atomic mass is 32.1. The van der Waals surface area contributed by atoms with E-state index in [2.05, 4.69) is 4.98 Å². The van der Waals surface area contributed by atoms with Crippen molar-refractivity contribution in [2.45, 2.75) is 13.5 Å². The number of hydrogen-bond donors (Lipinski definition) is 1. The Balaban J connectivity index is 2.43. The Hall–Kier alpha value is -1.13. The summed E-state index contributed by atoms with van der Waals surface area (Å²) < 4.78 is 5.20. The van der Waals surface area contributed by atoms with Crippen LogP contribution in [-0.4, -0.2) is 10.1 Å². The van der Waals surface area contributed by atoms with Gasteiger partial charge in [0.2, 0.25) is 0 Å². The van der Waals surface area contributed by atoms with Crippen LogP contribution in [0.25, 0.3) is 10.8 Å². The van der Waals surface area contributed by atoms with Crippen LogP contribution in [0, 0.1) is 6.92 Å². The molecule has 0 atom stereocenters. The van der Waals surface area contributed by atoms with Crippen LogP contribution in [0.1, 0.15) is 10.6 Å². The normalized spacial score (nSPS) is 10.6. The minimum atomic E-state index is 0.0458. The number of aryl methyl sites for hydroxylation is 1. The average Bonchev–Trinajstić information content (AvgIpc) is 2.71. The third-order valence-electron chi connectivity index (χ3n) is 1.77. The summed E-state index contributed by atoms with van der Waals surface area (Å²) in [6, 6.07) is 3.68. The van der Waals surface area contributed by atoms with Crippen molar-refractivity contribution in [1.82, 2.24) is 4.98 Å². The lowest BCUT2D eigenvalue weighted by atomic mass is 10.4. The summed E-state index contributed by atoms with van der Waals surface area (Å²) in [4.78, 5) is 5.18. The largest absolute Gasteiger partial charge is 0.462 e. The highest BCUT2D eigenvalue weighted by Gasteiger charge is 2.09. The fourth-order valence-electron chi connectivity index (χ4n) is 1.08. The molecular weight excluding hydrogens is 186 g/mol. The summed E-state index contributed by atoms with van der Waals surface area (Å²) in [5.74, 6) is 0.757. The first-order valence-electron chi connectivity index (χ1n) is 3.92. The molecule has 13 heavy (non-hydrogen) atoms. The molecule has 0 amide bonds. The fourth-order valence-corrected chi connectivity index (χ4v) is 1.97. The Morgan fingerprint density at radius 2 is 2.46 bits per heavy atom. The van der Waals surface area contributed by atoms with Gasteiger partial charge in [-0.25, -0.2) is 4.98 Å². The lowest BCUT2D eigenvalue weighted by Crippen LogP contribution is -1.80. The number of rotatable bonds is 2. The molecule has 3 nitrogen and oxygen atoms in total. The molecule has 1 N–H and O–H groups in total. The molecule has 0 saturated heterocycles. The highest BCUT2D eigenvalue weighted by Crippen LogP contribution is 2.27. The Labute approximate surface area is 79.7 Å². The Kier molecular flexibility index (Phi) is 2.16. The molecular formula is C9H9NO2S. The molecule has 4 heteroatoms. The number of aliphatic hydroxyl groups excluding tert-OH is 1. The van der Waals surface area contributed by atoms with E-state index in [0.717, 1.165) is 21.3 Å². The van der Waals surface area contributed by atoms with E-state index in [1.165, 1.54) is 11.3 Å². The minimum Gasteiger partial charge on any atom is -0.462 e. The van der Waals surface area contributed by atoms with Crippen LogP contribution in [0.2, 0.25) is 0 Å². The highest BCUT2D eigenvalue weighted by molar-refractivity contribution is 7.15. The van der Waals surface area contributed by atoms with Crippen molar-refractivity contribution < 1.29 is 9.52 Å². The summed E-state index contributed by atoms with van der Waals surface area (Å²) in [7, 11) is 0. The molecule has 0 aliphatic rings. The van der Waals surface area contributed by atoms with Crippen LogP contribution < -0.4 is 0 Å². The maximum atomic E-state index is 8.97. The number of nitrogens with zero attached hydrogens (tertiary/aromatic N) is 1. The van der Waals surface area contributed by atoms with Crippen LogP contribution in [0.15, 0.2) is 22.8 Å². The van der Waals surface area contributed by atoms with Crippen molar-refractivity contribution in [1.29, 1.82) is 0 Å². The zero-order valence-electron chi connectivity index (χ0n) is 7.15. The lowest BCUT2D eigenvalue weighted by molar-refractivity contribution is 0.284. The van der Waals surface area contributed by atoms with Crippen molar-refractivity contribution in [3.63, 3.8) is 0 Å². The summed E-state index contributed by atoms with van der Waals surface area (Å²) in [6.45, 7) is 1.93. The molecule has 0 radical (unpaired) electrons. The van der Waals surface area contributed by atoms with E-state index in [-0.39, 0.29) is 6.61 Å². The summed E-state index contributed by atoms with van der Waals surface area (Å²) in [6.07, 6.45) is 1.62. The quantitative estimate of drug-likeness (QED) is 0.799. The maximum absolute atomic E-state index is 8.97. The Morgan fingerprint density at radius 1 is 1.62 bits per heavy atom.